The van der Waals surface area contributed by atoms with E-state index in [2.05, 4.69) is 28.8 Å². The zero-order valence-corrected chi connectivity index (χ0v) is 14.7. The molecule has 1 aromatic heterocycles. The Hall–Kier alpha value is -1.96. The van der Waals surface area contributed by atoms with Crippen molar-refractivity contribution in [2.24, 2.45) is 7.05 Å². The number of imidazole rings is 1. The van der Waals surface area contributed by atoms with E-state index in [1.54, 1.807) is 18.2 Å². The van der Waals surface area contributed by atoms with Gasteiger partial charge in [0.15, 0.2) is 11.0 Å². The minimum absolute atomic E-state index is 0. The Morgan fingerprint density at radius 1 is 1.09 bits per heavy atom. The zero-order valence-electron chi connectivity index (χ0n) is 12.6. The molecule has 2 aromatic carbocycles. The van der Waals surface area contributed by atoms with Gasteiger partial charge >= 0.3 is 0 Å². The van der Waals surface area contributed by atoms with Gasteiger partial charge in [-0.15, -0.1) is 0 Å². The van der Waals surface area contributed by atoms with Gasteiger partial charge in [0.1, 0.15) is 5.69 Å². The lowest BCUT2D eigenvalue weighted by Crippen LogP contribution is -3.00. The van der Waals surface area contributed by atoms with Gasteiger partial charge in [-0.2, -0.15) is 4.57 Å². The predicted molar refractivity (Wildman–Crippen MR) is 80.6 cm³/mol. The first-order valence-electron chi connectivity index (χ1n) is 6.71. The third-order valence-corrected chi connectivity index (χ3v) is 3.87. The molecule has 6 heteroatoms. The monoisotopic (exact) mass is 409 g/mol. The number of aryl methyl sites for hydroxylation is 2. The number of hydrogen-bond acceptors (Lipinski definition) is 2. The molecule has 1 heterocycles. The lowest BCUT2D eigenvalue weighted by Gasteiger charge is -2.00. The highest BCUT2D eigenvalue weighted by molar-refractivity contribution is 5.77. The molecule has 0 aliphatic heterocycles. The first-order valence-corrected chi connectivity index (χ1v) is 6.71. The molecular formula is C16H16IN3O2. The highest BCUT2D eigenvalue weighted by Gasteiger charge is 2.23. The van der Waals surface area contributed by atoms with Gasteiger partial charge in [-0.3, -0.25) is 10.1 Å². The number of benzene rings is 2. The highest BCUT2D eigenvalue weighted by Crippen LogP contribution is 2.23. The van der Waals surface area contributed by atoms with Crippen molar-refractivity contribution in [1.82, 2.24) is 4.57 Å². The Kier molecular flexibility index (Phi) is 4.50. The van der Waals surface area contributed by atoms with E-state index in [0.29, 0.717) is 0 Å². The van der Waals surface area contributed by atoms with Crippen LogP contribution < -0.4 is 28.5 Å². The Labute approximate surface area is 145 Å². The normalized spacial score (nSPS) is 10.5. The fourth-order valence-corrected chi connectivity index (χ4v) is 2.60. The van der Waals surface area contributed by atoms with E-state index in [-0.39, 0.29) is 34.6 Å². The van der Waals surface area contributed by atoms with Crippen molar-refractivity contribution >= 4 is 16.7 Å². The number of hydrogen-bond donors (Lipinski definition) is 0. The molecule has 0 saturated carbocycles. The summed E-state index contributed by atoms with van der Waals surface area (Å²) in [7, 11) is 1.92. The summed E-state index contributed by atoms with van der Waals surface area (Å²) in [6.07, 6.45) is 0. The minimum Gasteiger partial charge on any atom is -1.00 e. The predicted octanol–water partition coefficient (Wildman–Crippen LogP) is -0.0160. The largest absolute Gasteiger partial charge is 1.00 e. The van der Waals surface area contributed by atoms with Gasteiger partial charge in [-0.25, -0.2) is 4.57 Å². The summed E-state index contributed by atoms with van der Waals surface area (Å²) < 4.78 is 4.08. The number of nitro benzene ring substituents is 1. The van der Waals surface area contributed by atoms with Crippen LogP contribution in [-0.2, 0) is 7.05 Å². The van der Waals surface area contributed by atoms with Crippen LogP contribution in [0.5, 0.6) is 0 Å². The molecule has 0 radical (unpaired) electrons. The van der Waals surface area contributed by atoms with Gasteiger partial charge in [0.2, 0.25) is 0 Å². The molecule has 0 aliphatic carbocycles. The zero-order chi connectivity index (χ0) is 15.1. The van der Waals surface area contributed by atoms with Crippen molar-refractivity contribution in [2.75, 3.05) is 0 Å². The number of non-ortho nitro benzene ring substituents is 1. The van der Waals surface area contributed by atoms with Crippen LogP contribution in [-0.4, -0.2) is 9.49 Å². The fraction of sp³-hybridized carbons (Fsp3) is 0.188. The second kappa shape index (κ2) is 6.04. The van der Waals surface area contributed by atoms with Crippen LogP contribution in [0.2, 0.25) is 0 Å². The Balaban J connectivity index is 0.00000176. The summed E-state index contributed by atoms with van der Waals surface area (Å²) >= 11 is 0. The van der Waals surface area contributed by atoms with Crippen LogP contribution in [0, 0.1) is 24.0 Å². The first kappa shape index (κ1) is 16.4. The van der Waals surface area contributed by atoms with Crippen molar-refractivity contribution < 1.29 is 33.5 Å². The molecule has 3 rings (SSSR count). The number of nitro groups is 1. The number of nitrogens with zero attached hydrogens (tertiary/aromatic N) is 3. The van der Waals surface area contributed by atoms with E-state index in [4.69, 9.17) is 0 Å². The average Bonchev–Trinajstić information content (AvgIpc) is 2.72. The maximum Gasteiger partial charge on any atom is 0.273 e. The number of aromatic nitrogens is 2. The smallest absolute Gasteiger partial charge is 0.273 e. The molecule has 0 amide bonds. The van der Waals surface area contributed by atoms with Crippen LogP contribution in [0.25, 0.3) is 16.7 Å². The van der Waals surface area contributed by atoms with Crippen LogP contribution in [0.3, 0.4) is 0 Å². The average molecular weight is 409 g/mol. The molecule has 0 N–H and O–H groups in total. The maximum absolute atomic E-state index is 10.9. The van der Waals surface area contributed by atoms with Crippen LogP contribution in [0.15, 0.2) is 42.5 Å². The maximum atomic E-state index is 10.9. The third kappa shape index (κ3) is 2.58. The lowest BCUT2D eigenvalue weighted by atomic mass is 10.2. The van der Waals surface area contributed by atoms with Gasteiger partial charge in [0.25, 0.3) is 11.5 Å². The van der Waals surface area contributed by atoms with E-state index in [1.165, 1.54) is 5.56 Å². The molecule has 0 aliphatic rings. The molecule has 0 bridgehead atoms. The van der Waals surface area contributed by atoms with Crippen molar-refractivity contribution in [2.45, 2.75) is 13.8 Å². The lowest BCUT2D eigenvalue weighted by molar-refractivity contribution is -0.652. The van der Waals surface area contributed by atoms with E-state index in [1.807, 2.05) is 25.5 Å². The second-order valence-electron chi connectivity index (χ2n) is 5.21. The molecule has 0 saturated heterocycles. The molecule has 114 valence electrons. The van der Waals surface area contributed by atoms with Gasteiger partial charge < -0.3 is 24.0 Å². The molecule has 22 heavy (non-hydrogen) atoms. The molecule has 0 unspecified atom stereocenters. The van der Waals surface area contributed by atoms with E-state index >= 15 is 0 Å². The minimum atomic E-state index is -0.363. The standard InChI is InChI=1S/C16H16N3O2.HI/c1-11-4-6-13(7-5-11)18-12(2)17(3)16-10-14(19(20)21)8-9-15(16)18;/h4-10H,1-3H3;1H/q+1;/p-1. The molecule has 0 atom stereocenters. The van der Waals surface area contributed by atoms with Crippen molar-refractivity contribution in [1.29, 1.82) is 0 Å². The van der Waals surface area contributed by atoms with Crippen LogP contribution in [0.1, 0.15) is 11.4 Å². The van der Waals surface area contributed by atoms with Crippen molar-refractivity contribution in [3.63, 3.8) is 0 Å². The van der Waals surface area contributed by atoms with Crippen molar-refractivity contribution in [3.05, 3.63) is 64.0 Å². The number of fused-ring (bicyclic) bond motifs is 1. The van der Waals surface area contributed by atoms with E-state index < -0.39 is 0 Å². The topological polar surface area (TPSA) is 52.0 Å². The summed E-state index contributed by atoms with van der Waals surface area (Å²) in [6.45, 7) is 4.06. The van der Waals surface area contributed by atoms with E-state index in [0.717, 1.165) is 22.5 Å². The number of halogens is 1. The van der Waals surface area contributed by atoms with Gasteiger partial charge in [-0.1, -0.05) is 17.7 Å². The number of rotatable bonds is 2. The van der Waals surface area contributed by atoms with Gasteiger partial charge in [-0.05, 0) is 25.1 Å². The Morgan fingerprint density at radius 2 is 1.73 bits per heavy atom. The first-order chi connectivity index (χ1) is 9.99. The van der Waals surface area contributed by atoms with Gasteiger partial charge in [0, 0.05) is 13.0 Å². The Morgan fingerprint density at radius 3 is 2.32 bits per heavy atom. The van der Waals surface area contributed by atoms with Crippen molar-refractivity contribution in [3.8, 4) is 5.69 Å². The molecule has 3 aromatic rings. The van der Waals surface area contributed by atoms with E-state index in [9.17, 15) is 10.1 Å². The van der Waals surface area contributed by atoms with Gasteiger partial charge in [0.05, 0.1) is 18.0 Å². The summed E-state index contributed by atoms with van der Waals surface area (Å²) in [5.74, 6) is 1.02. The molecular weight excluding hydrogens is 393 g/mol. The SMILES string of the molecule is Cc1ccc(-n2c(C)[n+](C)c3cc([N+](=O)[O-])ccc32)cc1.[I-]. The summed E-state index contributed by atoms with van der Waals surface area (Å²) in [4.78, 5) is 10.6. The summed E-state index contributed by atoms with van der Waals surface area (Å²) in [6, 6.07) is 13.2. The Bertz CT molecular complexity index is 854. The third-order valence-electron chi connectivity index (χ3n) is 3.87. The highest BCUT2D eigenvalue weighted by atomic mass is 127. The molecule has 0 spiro atoms. The summed E-state index contributed by atoms with van der Waals surface area (Å²) in [5, 5.41) is 10.9. The van der Waals surface area contributed by atoms with Crippen LogP contribution in [0.4, 0.5) is 5.69 Å². The van der Waals surface area contributed by atoms with Crippen LogP contribution >= 0.6 is 0 Å². The molecule has 5 nitrogen and oxygen atoms in total. The molecule has 0 fully saturated rings. The fourth-order valence-electron chi connectivity index (χ4n) is 2.60. The summed E-state index contributed by atoms with van der Waals surface area (Å²) in [5.41, 5.74) is 4.18. The quantitative estimate of drug-likeness (QED) is 0.259. The second-order valence-corrected chi connectivity index (χ2v) is 5.21.